The number of fused-ring (bicyclic) bond motifs is 1. The summed E-state index contributed by atoms with van der Waals surface area (Å²) in [6, 6.07) is 6.00. The zero-order chi connectivity index (χ0) is 29.5. The second kappa shape index (κ2) is 22.3. The number of aromatic nitrogens is 1. The number of H-pyrrole nitrogens is 1. The maximum Gasteiger partial charge on any atom is 0.162 e. The first kappa shape index (κ1) is 34.8. The molecular weight excluding hydrogens is 504 g/mol. The van der Waals surface area contributed by atoms with Crippen LogP contribution in [0, 0.1) is 6.92 Å². The SMILES string of the molecule is C=C(OCCCCCCCCCCCC)/C(=C\c1[nH]c2ccc(N)cc2c1C)OCCCCCCCCCCCC. The van der Waals surface area contributed by atoms with Gasteiger partial charge < -0.3 is 20.2 Å². The Hall–Kier alpha value is -2.36. The van der Waals surface area contributed by atoms with E-state index in [4.69, 9.17) is 15.2 Å². The Morgan fingerprint density at radius 3 is 1.68 bits per heavy atom. The average molecular weight is 567 g/mol. The molecule has 0 fully saturated rings. The predicted octanol–water partition coefficient (Wildman–Crippen LogP) is 11.8. The first-order chi connectivity index (χ1) is 20.1. The number of nitrogen functional groups attached to an aromatic ring is 1. The van der Waals surface area contributed by atoms with Crippen LogP contribution in [0.3, 0.4) is 0 Å². The van der Waals surface area contributed by atoms with Gasteiger partial charge in [0, 0.05) is 28.4 Å². The summed E-state index contributed by atoms with van der Waals surface area (Å²) in [6.45, 7) is 12.3. The monoisotopic (exact) mass is 566 g/mol. The Kier molecular flexibility index (Phi) is 18.9. The molecule has 1 heterocycles. The zero-order valence-corrected chi connectivity index (χ0v) is 27.0. The lowest BCUT2D eigenvalue weighted by Crippen LogP contribution is -2.03. The highest BCUT2D eigenvalue weighted by Crippen LogP contribution is 2.27. The zero-order valence-electron chi connectivity index (χ0n) is 27.0. The summed E-state index contributed by atoms with van der Waals surface area (Å²) in [5.41, 5.74) is 10.1. The van der Waals surface area contributed by atoms with Crippen molar-refractivity contribution in [3.8, 4) is 0 Å². The van der Waals surface area contributed by atoms with Gasteiger partial charge in [0.05, 0.1) is 13.2 Å². The van der Waals surface area contributed by atoms with Crippen molar-refractivity contribution in [2.24, 2.45) is 0 Å². The van der Waals surface area contributed by atoms with Gasteiger partial charge in [-0.15, -0.1) is 0 Å². The maximum atomic E-state index is 6.30. The molecule has 0 aliphatic carbocycles. The molecule has 3 N–H and O–H groups in total. The summed E-state index contributed by atoms with van der Waals surface area (Å²) in [6.07, 6.45) is 28.3. The molecule has 0 bridgehead atoms. The molecule has 0 radical (unpaired) electrons. The minimum absolute atomic E-state index is 0.630. The normalized spacial score (nSPS) is 11.8. The molecular formula is C37H62N2O2. The Labute approximate surface area is 252 Å². The average Bonchev–Trinajstić information content (AvgIpc) is 3.27. The predicted molar refractivity (Wildman–Crippen MR) is 180 cm³/mol. The van der Waals surface area contributed by atoms with Gasteiger partial charge in [0.2, 0.25) is 0 Å². The highest BCUT2D eigenvalue weighted by molar-refractivity contribution is 5.89. The van der Waals surface area contributed by atoms with Gasteiger partial charge in [-0.1, -0.05) is 136 Å². The van der Waals surface area contributed by atoms with E-state index in [-0.39, 0.29) is 0 Å². The molecule has 232 valence electrons. The van der Waals surface area contributed by atoms with Crippen molar-refractivity contribution >= 4 is 22.7 Å². The van der Waals surface area contributed by atoms with E-state index < -0.39 is 0 Å². The molecule has 4 nitrogen and oxygen atoms in total. The number of nitrogens with two attached hydrogens (primary N) is 1. The largest absolute Gasteiger partial charge is 0.490 e. The summed E-state index contributed by atoms with van der Waals surface area (Å²) in [5, 5.41) is 1.14. The molecule has 0 atom stereocenters. The second-order valence-corrected chi connectivity index (χ2v) is 12.0. The van der Waals surface area contributed by atoms with Gasteiger partial charge in [0.15, 0.2) is 11.5 Å². The Balaban J connectivity index is 1.79. The Bertz CT molecular complexity index is 990. The van der Waals surface area contributed by atoms with E-state index in [1.807, 2.05) is 18.2 Å². The molecule has 2 aromatic rings. The molecule has 0 unspecified atom stereocenters. The number of aromatic amines is 1. The van der Waals surface area contributed by atoms with Gasteiger partial charge in [-0.05, 0) is 43.5 Å². The molecule has 0 aliphatic rings. The number of aryl methyl sites for hydroxylation is 1. The van der Waals surface area contributed by atoms with Crippen molar-refractivity contribution in [1.29, 1.82) is 0 Å². The minimum Gasteiger partial charge on any atom is -0.490 e. The van der Waals surface area contributed by atoms with Crippen molar-refractivity contribution in [3.63, 3.8) is 0 Å². The van der Waals surface area contributed by atoms with E-state index >= 15 is 0 Å². The molecule has 2 rings (SSSR count). The molecule has 0 saturated heterocycles. The van der Waals surface area contributed by atoms with E-state index in [9.17, 15) is 0 Å². The van der Waals surface area contributed by atoms with Crippen LogP contribution in [0.25, 0.3) is 17.0 Å². The van der Waals surface area contributed by atoms with Crippen LogP contribution in [-0.2, 0) is 9.47 Å². The van der Waals surface area contributed by atoms with Gasteiger partial charge in [-0.2, -0.15) is 0 Å². The molecule has 0 aliphatic heterocycles. The quantitative estimate of drug-likeness (QED) is 0.0515. The molecule has 4 heteroatoms. The van der Waals surface area contributed by atoms with Crippen molar-refractivity contribution in [2.75, 3.05) is 18.9 Å². The highest BCUT2D eigenvalue weighted by atomic mass is 16.5. The lowest BCUT2D eigenvalue weighted by atomic mass is 10.1. The van der Waals surface area contributed by atoms with E-state index in [2.05, 4.69) is 38.4 Å². The third kappa shape index (κ3) is 14.9. The van der Waals surface area contributed by atoms with Gasteiger partial charge in [-0.25, -0.2) is 0 Å². The lowest BCUT2D eigenvalue weighted by molar-refractivity contribution is 0.148. The molecule has 0 saturated carbocycles. The van der Waals surface area contributed by atoms with Crippen molar-refractivity contribution < 1.29 is 9.47 Å². The van der Waals surface area contributed by atoms with Crippen LogP contribution in [0.4, 0.5) is 5.69 Å². The van der Waals surface area contributed by atoms with Crippen LogP contribution in [-0.4, -0.2) is 18.2 Å². The van der Waals surface area contributed by atoms with Crippen LogP contribution < -0.4 is 5.73 Å². The van der Waals surface area contributed by atoms with E-state index in [0.29, 0.717) is 19.0 Å². The van der Waals surface area contributed by atoms with Crippen LogP contribution >= 0.6 is 0 Å². The number of anilines is 1. The number of hydrogen-bond acceptors (Lipinski definition) is 3. The fourth-order valence-corrected chi connectivity index (χ4v) is 5.47. The topological polar surface area (TPSA) is 60.3 Å². The number of benzene rings is 1. The standard InChI is InChI=1S/C37H62N2O2/c1-5-7-9-11-13-15-17-19-21-23-27-40-32(4)37(41-28-24-22-20-18-16-14-12-10-8-6-2)30-36-31(3)34-29-33(38)25-26-35(34)39-36/h25-26,29-30,39H,4-24,27-28,38H2,1-3H3/b37-30+. The van der Waals surface area contributed by atoms with E-state index in [0.717, 1.165) is 46.4 Å². The number of rotatable bonds is 26. The summed E-state index contributed by atoms with van der Waals surface area (Å²) in [7, 11) is 0. The third-order valence-corrected chi connectivity index (χ3v) is 8.20. The van der Waals surface area contributed by atoms with Gasteiger partial charge in [-0.3, -0.25) is 0 Å². The second-order valence-electron chi connectivity index (χ2n) is 12.0. The molecule has 0 amide bonds. The Morgan fingerprint density at radius 2 is 1.17 bits per heavy atom. The van der Waals surface area contributed by atoms with Crippen LogP contribution in [0.5, 0.6) is 0 Å². The lowest BCUT2D eigenvalue weighted by Gasteiger charge is -2.15. The molecule has 0 spiro atoms. The first-order valence-corrected chi connectivity index (χ1v) is 17.1. The molecule has 1 aromatic carbocycles. The highest BCUT2D eigenvalue weighted by Gasteiger charge is 2.12. The van der Waals surface area contributed by atoms with E-state index in [1.165, 1.54) is 116 Å². The molecule has 41 heavy (non-hydrogen) atoms. The number of hydrogen-bond donors (Lipinski definition) is 2. The van der Waals surface area contributed by atoms with Gasteiger partial charge >= 0.3 is 0 Å². The molecule has 1 aromatic heterocycles. The van der Waals surface area contributed by atoms with Crippen molar-refractivity contribution in [1.82, 2.24) is 4.98 Å². The fraction of sp³-hybridized carbons (Fsp3) is 0.676. The summed E-state index contributed by atoms with van der Waals surface area (Å²) >= 11 is 0. The summed E-state index contributed by atoms with van der Waals surface area (Å²) in [5.74, 6) is 1.36. The smallest absolute Gasteiger partial charge is 0.162 e. The van der Waals surface area contributed by atoms with Crippen LogP contribution in [0.15, 0.2) is 36.3 Å². The van der Waals surface area contributed by atoms with Crippen molar-refractivity contribution in [2.45, 2.75) is 149 Å². The minimum atomic E-state index is 0.630. The van der Waals surface area contributed by atoms with E-state index in [1.54, 1.807) is 0 Å². The van der Waals surface area contributed by atoms with Gasteiger partial charge in [0.25, 0.3) is 0 Å². The summed E-state index contributed by atoms with van der Waals surface area (Å²) in [4.78, 5) is 3.52. The number of ether oxygens (including phenoxy) is 2. The Morgan fingerprint density at radius 1 is 0.707 bits per heavy atom. The van der Waals surface area contributed by atoms with Gasteiger partial charge in [0.1, 0.15) is 0 Å². The third-order valence-electron chi connectivity index (χ3n) is 8.20. The van der Waals surface area contributed by atoms with Crippen LogP contribution in [0.1, 0.15) is 154 Å². The summed E-state index contributed by atoms with van der Waals surface area (Å²) < 4.78 is 12.4. The van der Waals surface area contributed by atoms with Crippen LogP contribution in [0.2, 0.25) is 0 Å². The number of nitrogens with one attached hydrogen (secondary N) is 1. The fourth-order valence-electron chi connectivity index (χ4n) is 5.47. The maximum absolute atomic E-state index is 6.30. The first-order valence-electron chi connectivity index (χ1n) is 17.1. The van der Waals surface area contributed by atoms with Crippen molar-refractivity contribution in [3.05, 3.63) is 47.6 Å². The number of unbranched alkanes of at least 4 members (excludes halogenated alkanes) is 18.